The van der Waals surface area contributed by atoms with Gasteiger partial charge in [-0.05, 0) is 66.7 Å². The molecule has 0 bridgehead atoms. The number of benzene rings is 1. The minimum absolute atomic E-state index is 0.0543. The summed E-state index contributed by atoms with van der Waals surface area (Å²) in [6.07, 6.45) is 6.97. The predicted octanol–water partition coefficient (Wildman–Crippen LogP) is 3.24. The lowest BCUT2D eigenvalue weighted by Crippen LogP contribution is -2.56. The summed E-state index contributed by atoms with van der Waals surface area (Å²) < 4.78 is 0. The summed E-state index contributed by atoms with van der Waals surface area (Å²) in [5, 5.41) is 3.38. The van der Waals surface area contributed by atoms with E-state index >= 15 is 0 Å². The van der Waals surface area contributed by atoms with Crippen LogP contribution in [0.3, 0.4) is 0 Å². The molecule has 1 aliphatic carbocycles. The van der Waals surface area contributed by atoms with Crippen molar-refractivity contribution >= 4 is 5.91 Å². The average molecular weight is 391 g/mol. The maximum atomic E-state index is 12.9. The molecule has 5 nitrogen and oxygen atoms in total. The van der Waals surface area contributed by atoms with Gasteiger partial charge in [-0.3, -0.25) is 15.2 Å². The topological polar surface area (TPSA) is 66.1 Å². The molecular formula is C24H30N4O. The number of fused-ring (bicyclic) bond motifs is 2. The maximum Gasteiger partial charge on any atom is 0.223 e. The van der Waals surface area contributed by atoms with Crippen LogP contribution < -0.4 is 16.2 Å². The number of aryl methyl sites for hydroxylation is 1. The molecule has 2 saturated heterocycles. The number of piperidine rings is 1. The summed E-state index contributed by atoms with van der Waals surface area (Å²) in [5.41, 5.74) is 10.9. The monoisotopic (exact) mass is 390 g/mol. The van der Waals surface area contributed by atoms with Gasteiger partial charge < -0.3 is 5.32 Å². The second-order valence-corrected chi connectivity index (χ2v) is 9.16. The van der Waals surface area contributed by atoms with Gasteiger partial charge in [0, 0.05) is 30.4 Å². The molecule has 3 aliphatic rings. The van der Waals surface area contributed by atoms with E-state index in [-0.39, 0.29) is 23.8 Å². The highest BCUT2D eigenvalue weighted by Crippen LogP contribution is 2.46. The number of carbonyl (C=O) groups excluding carboxylic acids is 1. The standard InChI is InChI=1S/C24H30N4O/c1-14-13-25-9-8-18(14)23-20-11-17-10-19(15(2)16-6-4-3-5-7-16)24(29)26-21(17)12-22(20)27-28-23/h3-9,13,15,17,19-23,27-28H,10-12H2,1-2H3,(H,26,29). The van der Waals surface area contributed by atoms with Crippen LogP contribution in [-0.4, -0.2) is 23.0 Å². The van der Waals surface area contributed by atoms with Gasteiger partial charge in [-0.25, -0.2) is 5.43 Å². The minimum atomic E-state index is 0.0543. The van der Waals surface area contributed by atoms with E-state index in [2.05, 4.69) is 65.3 Å². The Hall–Kier alpha value is -2.24. The third-order valence-electron chi connectivity index (χ3n) is 7.57. The number of pyridine rings is 1. The molecule has 0 spiro atoms. The SMILES string of the molecule is Cc1cnccc1C1NNC2CC3NC(=O)C(C(C)c4ccccc4)CC3CC21. The van der Waals surface area contributed by atoms with E-state index in [0.717, 1.165) is 19.3 Å². The molecule has 152 valence electrons. The van der Waals surface area contributed by atoms with Gasteiger partial charge in [0.05, 0.1) is 6.04 Å². The number of nitrogens with zero attached hydrogens (tertiary/aromatic N) is 1. The van der Waals surface area contributed by atoms with E-state index in [1.165, 1.54) is 16.7 Å². The van der Waals surface area contributed by atoms with Gasteiger partial charge in [0.25, 0.3) is 0 Å². The first kappa shape index (κ1) is 18.8. The maximum absolute atomic E-state index is 12.9. The van der Waals surface area contributed by atoms with E-state index in [1.807, 2.05) is 18.5 Å². The van der Waals surface area contributed by atoms with Gasteiger partial charge in [-0.15, -0.1) is 0 Å². The van der Waals surface area contributed by atoms with Crippen molar-refractivity contribution in [2.45, 2.75) is 57.2 Å². The molecule has 29 heavy (non-hydrogen) atoms. The molecule has 7 unspecified atom stereocenters. The van der Waals surface area contributed by atoms with Crippen LogP contribution in [0.4, 0.5) is 0 Å². The molecule has 3 fully saturated rings. The quantitative estimate of drug-likeness (QED) is 0.753. The molecule has 0 radical (unpaired) electrons. The van der Waals surface area contributed by atoms with Crippen molar-refractivity contribution < 1.29 is 4.79 Å². The molecule has 7 atom stereocenters. The van der Waals surface area contributed by atoms with Crippen LogP contribution in [0.1, 0.15) is 54.8 Å². The summed E-state index contributed by atoms with van der Waals surface area (Å²) in [6, 6.07) is 13.6. The van der Waals surface area contributed by atoms with Crippen molar-refractivity contribution in [1.82, 2.24) is 21.2 Å². The van der Waals surface area contributed by atoms with E-state index in [9.17, 15) is 4.79 Å². The molecule has 5 rings (SSSR count). The number of amides is 1. The van der Waals surface area contributed by atoms with Crippen LogP contribution in [0.25, 0.3) is 0 Å². The fourth-order valence-corrected chi connectivity index (χ4v) is 5.88. The zero-order chi connectivity index (χ0) is 20.0. The van der Waals surface area contributed by atoms with Crippen LogP contribution in [0.2, 0.25) is 0 Å². The summed E-state index contributed by atoms with van der Waals surface area (Å²) in [4.78, 5) is 17.2. The average Bonchev–Trinajstić information content (AvgIpc) is 3.14. The zero-order valence-corrected chi connectivity index (χ0v) is 17.1. The number of hydrogen-bond acceptors (Lipinski definition) is 4. The number of hydrazine groups is 1. The van der Waals surface area contributed by atoms with Crippen LogP contribution in [0, 0.1) is 24.7 Å². The number of rotatable bonds is 3. The second kappa shape index (κ2) is 7.54. The third-order valence-corrected chi connectivity index (χ3v) is 7.57. The fourth-order valence-electron chi connectivity index (χ4n) is 5.88. The Labute approximate surface area is 172 Å². The Bertz CT molecular complexity index is 885. The Kier molecular flexibility index (Phi) is 4.88. The van der Waals surface area contributed by atoms with Gasteiger partial charge in [-0.1, -0.05) is 37.3 Å². The zero-order valence-electron chi connectivity index (χ0n) is 17.1. The van der Waals surface area contributed by atoms with Gasteiger partial charge in [0.15, 0.2) is 0 Å². The molecule has 3 N–H and O–H groups in total. The van der Waals surface area contributed by atoms with E-state index in [4.69, 9.17) is 0 Å². The van der Waals surface area contributed by atoms with Gasteiger partial charge in [-0.2, -0.15) is 0 Å². The number of hydrogen-bond donors (Lipinski definition) is 3. The highest BCUT2D eigenvalue weighted by atomic mass is 16.2. The number of nitrogens with one attached hydrogen (secondary N) is 3. The summed E-state index contributed by atoms with van der Waals surface area (Å²) >= 11 is 0. The fraction of sp³-hybridized carbons (Fsp3) is 0.500. The van der Waals surface area contributed by atoms with Crippen molar-refractivity contribution in [3.8, 4) is 0 Å². The molecule has 1 aromatic carbocycles. The summed E-state index contributed by atoms with van der Waals surface area (Å²) in [6.45, 7) is 4.34. The van der Waals surface area contributed by atoms with Crippen molar-refractivity contribution in [2.75, 3.05) is 0 Å². The lowest BCUT2D eigenvalue weighted by molar-refractivity contribution is -0.131. The van der Waals surface area contributed by atoms with E-state index < -0.39 is 0 Å². The first-order valence-electron chi connectivity index (χ1n) is 10.9. The predicted molar refractivity (Wildman–Crippen MR) is 113 cm³/mol. The van der Waals surface area contributed by atoms with Crippen LogP contribution in [0.5, 0.6) is 0 Å². The molecule has 2 aliphatic heterocycles. The first-order chi connectivity index (χ1) is 14.1. The molecule has 5 heteroatoms. The summed E-state index contributed by atoms with van der Waals surface area (Å²) in [7, 11) is 0. The molecule has 1 aromatic heterocycles. The first-order valence-corrected chi connectivity index (χ1v) is 10.9. The summed E-state index contributed by atoms with van der Waals surface area (Å²) in [5.74, 6) is 1.61. The number of aromatic nitrogens is 1. The highest BCUT2D eigenvalue weighted by Gasteiger charge is 2.49. The molecule has 1 saturated carbocycles. The number of carbonyl (C=O) groups is 1. The molecular weight excluding hydrogens is 360 g/mol. The second-order valence-electron chi connectivity index (χ2n) is 9.16. The third kappa shape index (κ3) is 3.36. The van der Waals surface area contributed by atoms with Crippen molar-refractivity contribution in [3.63, 3.8) is 0 Å². The van der Waals surface area contributed by atoms with Gasteiger partial charge in [0.2, 0.25) is 5.91 Å². The van der Waals surface area contributed by atoms with Crippen molar-refractivity contribution in [2.24, 2.45) is 17.8 Å². The van der Waals surface area contributed by atoms with Crippen LogP contribution in [-0.2, 0) is 4.79 Å². The molecule has 1 amide bonds. The van der Waals surface area contributed by atoms with Crippen LogP contribution in [0.15, 0.2) is 48.8 Å². The minimum Gasteiger partial charge on any atom is -0.353 e. The largest absolute Gasteiger partial charge is 0.353 e. The molecule has 2 aromatic rings. The van der Waals surface area contributed by atoms with Crippen LogP contribution >= 0.6 is 0 Å². The Morgan fingerprint density at radius 3 is 2.66 bits per heavy atom. The smallest absolute Gasteiger partial charge is 0.223 e. The van der Waals surface area contributed by atoms with Gasteiger partial charge in [0.1, 0.15) is 0 Å². The normalized spacial score (nSPS) is 34.8. The van der Waals surface area contributed by atoms with E-state index in [0.29, 0.717) is 23.9 Å². The van der Waals surface area contributed by atoms with E-state index in [1.54, 1.807) is 0 Å². The lowest BCUT2D eigenvalue weighted by Gasteiger charge is -2.45. The molecule has 3 heterocycles. The highest BCUT2D eigenvalue weighted by molar-refractivity contribution is 5.81. The van der Waals surface area contributed by atoms with Crippen molar-refractivity contribution in [1.29, 1.82) is 0 Å². The van der Waals surface area contributed by atoms with Crippen molar-refractivity contribution in [3.05, 3.63) is 65.5 Å². The Morgan fingerprint density at radius 1 is 1.03 bits per heavy atom. The van der Waals surface area contributed by atoms with Gasteiger partial charge >= 0.3 is 0 Å². The lowest BCUT2D eigenvalue weighted by atomic mass is 9.66. The Morgan fingerprint density at radius 2 is 1.86 bits per heavy atom. The Balaban J connectivity index is 1.35.